The maximum Gasteiger partial charge on any atom is 0.229 e. The minimum atomic E-state index is -0.0155. The van der Waals surface area contributed by atoms with Crippen LogP contribution < -0.4 is 0 Å². The number of hydrogen-bond acceptors (Lipinski definition) is 2. The minimum Gasteiger partial charge on any atom is -0.283 e. The van der Waals surface area contributed by atoms with E-state index in [0.29, 0.717) is 19.4 Å². The molecule has 3 heteroatoms. The number of carbonyl (C=O) groups is 2. The maximum absolute atomic E-state index is 11.6. The normalized spacial score (nSPS) is 17.4. The number of amides is 2. The lowest BCUT2D eigenvalue weighted by molar-refractivity contribution is -0.143. The van der Waals surface area contributed by atoms with Gasteiger partial charge in [-0.1, -0.05) is 0 Å². The summed E-state index contributed by atoms with van der Waals surface area (Å²) in [6.45, 7) is 0.541. The molecular formula is C12H17NO2. The molecule has 0 saturated carbocycles. The zero-order valence-corrected chi connectivity index (χ0v) is 9.00. The molecule has 0 N–H and O–H groups in total. The lowest BCUT2D eigenvalue weighted by Gasteiger charge is -2.17. The summed E-state index contributed by atoms with van der Waals surface area (Å²) in [4.78, 5) is 24.5. The fourth-order valence-corrected chi connectivity index (χ4v) is 1.71. The third-order valence-corrected chi connectivity index (χ3v) is 2.59. The van der Waals surface area contributed by atoms with Crippen molar-refractivity contribution in [3.8, 4) is 12.3 Å². The highest BCUT2D eigenvalue weighted by atomic mass is 16.2. The second kappa shape index (κ2) is 6.23. The summed E-state index contributed by atoms with van der Waals surface area (Å²) in [5.74, 6) is 2.52. The van der Waals surface area contributed by atoms with E-state index in [4.69, 9.17) is 6.42 Å². The van der Waals surface area contributed by atoms with Crippen LogP contribution in [0.2, 0.25) is 0 Å². The molecule has 0 unspecified atom stereocenters. The number of hydrogen-bond donors (Lipinski definition) is 0. The number of likely N-dealkylation sites (tertiary alicyclic amines) is 1. The average Bonchev–Trinajstić information content (AvgIpc) is 2.37. The fourth-order valence-electron chi connectivity index (χ4n) is 1.71. The molecule has 0 radical (unpaired) electrons. The van der Waals surface area contributed by atoms with Gasteiger partial charge in [0.15, 0.2) is 0 Å². The number of unbranched alkanes of at least 4 members (excludes halogenated alkanes) is 2. The van der Waals surface area contributed by atoms with Crippen LogP contribution in [0.5, 0.6) is 0 Å². The van der Waals surface area contributed by atoms with E-state index in [1.807, 2.05) is 0 Å². The van der Waals surface area contributed by atoms with Crippen LogP contribution in [-0.2, 0) is 9.59 Å². The van der Waals surface area contributed by atoms with Crippen molar-refractivity contribution in [2.75, 3.05) is 6.54 Å². The molecule has 0 spiro atoms. The lowest BCUT2D eigenvalue weighted by atomic mass is 10.2. The van der Waals surface area contributed by atoms with E-state index in [2.05, 4.69) is 5.92 Å². The Morgan fingerprint density at radius 2 is 1.73 bits per heavy atom. The molecule has 1 saturated heterocycles. The van der Waals surface area contributed by atoms with Crippen molar-refractivity contribution in [1.82, 2.24) is 4.90 Å². The third kappa shape index (κ3) is 3.75. The first-order valence-corrected chi connectivity index (χ1v) is 5.52. The molecule has 15 heavy (non-hydrogen) atoms. The molecule has 0 aromatic carbocycles. The van der Waals surface area contributed by atoms with Crippen LogP contribution in [-0.4, -0.2) is 23.3 Å². The predicted octanol–water partition coefficient (Wildman–Crippen LogP) is 1.72. The average molecular weight is 207 g/mol. The summed E-state index contributed by atoms with van der Waals surface area (Å²) in [6.07, 6.45) is 10.3. The minimum absolute atomic E-state index is 0.0155. The van der Waals surface area contributed by atoms with Gasteiger partial charge in [-0.2, -0.15) is 0 Å². The molecule has 0 aliphatic carbocycles. The highest BCUT2D eigenvalue weighted by Gasteiger charge is 2.22. The van der Waals surface area contributed by atoms with Gasteiger partial charge in [0.05, 0.1) is 0 Å². The lowest BCUT2D eigenvalue weighted by Crippen LogP contribution is -2.35. The largest absolute Gasteiger partial charge is 0.283 e. The first kappa shape index (κ1) is 11.8. The first-order chi connectivity index (χ1) is 7.25. The van der Waals surface area contributed by atoms with Crippen LogP contribution in [0.4, 0.5) is 0 Å². The number of carbonyl (C=O) groups excluding carboxylic acids is 2. The smallest absolute Gasteiger partial charge is 0.229 e. The van der Waals surface area contributed by atoms with Crippen molar-refractivity contribution in [3.05, 3.63) is 0 Å². The van der Waals surface area contributed by atoms with Crippen molar-refractivity contribution in [2.24, 2.45) is 0 Å². The van der Waals surface area contributed by atoms with Crippen molar-refractivity contribution in [3.63, 3.8) is 0 Å². The van der Waals surface area contributed by atoms with E-state index in [0.717, 1.165) is 32.1 Å². The molecule has 1 aliphatic rings. The Hall–Kier alpha value is -1.30. The fraction of sp³-hybridized carbons (Fsp3) is 0.667. The highest BCUT2D eigenvalue weighted by molar-refractivity contribution is 5.95. The maximum atomic E-state index is 11.6. The first-order valence-electron chi connectivity index (χ1n) is 5.52. The molecule has 0 aromatic rings. The molecule has 1 rings (SSSR count). The summed E-state index contributed by atoms with van der Waals surface area (Å²) in [7, 11) is 0. The van der Waals surface area contributed by atoms with Crippen LogP contribution in [0.3, 0.4) is 0 Å². The van der Waals surface area contributed by atoms with Crippen molar-refractivity contribution < 1.29 is 9.59 Å². The summed E-state index contributed by atoms with van der Waals surface area (Å²) < 4.78 is 0. The van der Waals surface area contributed by atoms with Gasteiger partial charge in [0.1, 0.15) is 0 Å². The second-order valence-corrected chi connectivity index (χ2v) is 3.81. The highest BCUT2D eigenvalue weighted by Crippen LogP contribution is 2.13. The molecule has 1 heterocycles. The van der Waals surface area contributed by atoms with E-state index in [9.17, 15) is 9.59 Å². The van der Waals surface area contributed by atoms with Gasteiger partial charge in [-0.15, -0.1) is 12.3 Å². The van der Waals surface area contributed by atoms with E-state index >= 15 is 0 Å². The number of terminal acetylenes is 1. The van der Waals surface area contributed by atoms with Gasteiger partial charge in [0, 0.05) is 25.8 Å². The Kier molecular flexibility index (Phi) is 4.89. The van der Waals surface area contributed by atoms with Crippen molar-refractivity contribution in [1.29, 1.82) is 0 Å². The Balaban J connectivity index is 2.38. The van der Waals surface area contributed by atoms with Gasteiger partial charge in [-0.3, -0.25) is 14.5 Å². The standard InChI is InChI=1S/C12H17NO2/c1-2-3-4-7-10-13-11(14)8-5-6-9-12(13)15/h1H,3-10H2. The van der Waals surface area contributed by atoms with Gasteiger partial charge in [0.2, 0.25) is 11.8 Å². The Morgan fingerprint density at radius 1 is 1.13 bits per heavy atom. The van der Waals surface area contributed by atoms with Crippen LogP contribution in [0.15, 0.2) is 0 Å². The zero-order chi connectivity index (χ0) is 11.1. The van der Waals surface area contributed by atoms with Gasteiger partial charge in [-0.25, -0.2) is 0 Å². The van der Waals surface area contributed by atoms with Crippen molar-refractivity contribution >= 4 is 11.8 Å². The number of rotatable bonds is 4. The van der Waals surface area contributed by atoms with Crippen LogP contribution in [0.25, 0.3) is 0 Å². The van der Waals surface area contributed by atoms with Crippen LogP contribution in [0, 0.1) is 12.3 Å². The molecule has 0 bridgehead atoms. The van der Waals surface area contributed by atoms with Crippen molar-refractivity contribution in [2.45, 2.75) is 44.9 Å². The Morgan fingerprint density at radius 3 is 2.27 bits per heavy atom. The Bertz CT molecular complexity index is 260. The molecule has 0 atom stereocenters. The van der Waals surface area contributed by atoms with E-state index in [1.54, 1.807) is 0 Å². The molecule has 1 aliphatic heterocycles. The summed E-state index contributed by atoms with van der Waals surface area (Å²) in [5, 5.41) is 0. The molecule has 2 amide bonds. The molecule has 82 valence electrons. The monoisotopic (exact) mass is 207 g/mol. The van der Waals surface area contributed by atoms with Crippen LogP contribution in [0.1, 0.15) is 44.9 Å². The topological polar surface area (TPSA) is 37.4 Å². The SMILES string of the molecule is C#CCCCCN1C(=O)CCCCC1=O. The molecule has 1 fully saturated rings. The predicted molar refractivity (Wildman–Crippen MR) is 57.9 cm³/mol. The molecule has 3 nitrogen and oxygen atoms in total. The van der Waals surface area contributed by atoms with E-state index < -0.39 is 0 Å². The summed E-state index contributed by atoms with van der Waals surface area (Å²) >= 11 is 0. The quantitative estimate of drug-likeness (QED) is 0.400. The van der Waals surface area contributed by atoms with Gasteiger partial charge in [-0.05, 0) is 25.7 Å². The third-order valence-electron chi connectivity index (χ3n) is 2.59. The zero-order valence-electron chi connectivity index (χ0n) is 9.00. The van der Waals surface area contributed by atoms with Gasteiger partial charge in [0.25, 0.3) is 0 Å². The molecular weight excluding hydrogens is 190 g/mol. The van der Waals surface area contributed by atoms with Gasteiger partial charge >= 0.3 is 0 Å². The molecule has 0 aromatic heterocycles. The summed E-state index contributed by atoms with van der Waals surface area (Å²) in [6, 6.07) is 0. The van der Waals surface area contributed by atoms with E-state index in [1.165, 1.54) is 4.90 Å². The van der Waals surface area contributed by atoms with Crippen LogP contribution >= 0.6 is 0 Å². The summed E-state index contributed by atoms with van der Waals surface area (Å²) in [5.41, 5.74) is 0. The number of nitrogens with zero attached hydrogens (tertiary/aromatic N) is 1. The van der Waals surface area contributed by atoms with E-state index in [-0.39, 0.29) is 11.8 Å². The second-order valence-electron chi connectivity index (χ2n) is 3.81. The number of imide groups is 1. The Labute approximate surface area is 90.8 Å². The van der Waals surface area contributed by atoms with Gasteiger partial charge < -0.3 is 0 Å².